The molecular formula is C19H20I2N2O3. The summed E-state index contributed by atoms with van der Waals surface area (Å²) in [6, 6.07) is 11.3. The maximum Gasteiger partial charge on any atom is 0.244 e. The number of methoxy groups -OCH3 is 1. The smallest absolute Gasteiger partial charge is 0.244 e. The summed E-state index contributed by atoms with van der Waals surface area (Å²) < 4.78 is 12.9. The third-order valence-corrected chi connectivity index (χ3v) is 4.90. The van der Waals surface area contributed by atoms with Gasteiger partial charge in [-0.25, -0.2) is 5.43 Å². The molecular weight excluding hydrogens is 558 g/mol. The van der Waals surface area contributed by atoms with E-state index in [1.165, 1.54) is 0 Å². The summed E-state index contributed by atoms with van der Waals surface area (Å²) in [7, 11) is 1.61. The molecule has 0 spiro atoms. The number of halogens is 2. The minimum absolute atomic E-state index is 0.119. The van der Waals surface area contributed by atoms with Crippen LogP contribution in [-0.4, -0.2) is 25.3 Å². The van der Waals surface area contributed by atoms with Crippen LogP contribution in [0.2, 0.25) is 0 Å². The summed E-state index contributed by atoms with van der Waals surface area (Å²) in [5.74, 6) is 1.47. The molecule has 0 heterocycles. The van der Waals surface area contributed by atoms with Crippen molar-refractivity contribution in [1.29, 1.82) is 0 Å². The standard InChI is InChI=1S/C19H20I2N2O3/c1-12(2)26-19-16(20)8-14(9-17(19)21)11-22-23-18(24)10-13-4-6-15(25-3)7-5-13/h4-9,11-12H,10H2,1-3H3,(H,23,24)/b22-11-. The fourth-order valence-electron chi connectivity index (χ4n) is 2.15. The van der Waals surface area contributed by atoms with Crippen molar-refractivity contribution in [3.63, 3.8) is 0 Å². The Labute approximate surface area is 180 Å². The fraction of sp³-hybridized carbons (Fsp3) is 0.263. The topological polar surface area (TPSA) is 59.9 Å². The number of rotatable bonds is 7. The molecule has 1 N–H and O–H groups in total. The summed E-state index contributed by atoms with van der Waals surface area (Å²) >= 11 is 4.48. The lowest BCUT2D eigenvalue weighted by Crippen LogP contribution is -2.19. The Balaban J connectivity index is 1.95. The highest BCUT2D eigenvalue weighted by molar-refractivity contribution is 14.1. The number of carbonyl (C=O) groups is 1. The molecule has 2 rings (SSSR count). The van der Waals surface area contributed by atoms with Gasteiger partial charge in [-0.05, 0) is 94.4 Å². The quantitative estimate of drug-likeness (QED) is 0.302. The van der Waals surface area contributed by atoms with Crippen LogP contribution in [0.1, 0.15) is 25.0 Å². The zero-order valence-corrected chi connectivity index (χ0v) is 19.1. The number of nitrogens with one attached hydrogen (secondary N) is 1. The van der Waals surface area contributed by atoms with Gasteiger partial charge in [0.05, 0.1) is 33.0 Å². The molecule has 0 unspecified atom stereocenters. The van der Waals surface area contributed by atoms with Crippen LogP contribution in [0.5, 0.6) is 11.5 Å². The average Bonchev–Trinajstić information content (AvgIpc) is 2.58. The van der Waals surface area contributed by atoms with E-state index < -0.39 is 0 Å². The summed E-state index contributed by atoms with van der Waals surface area (Å²) in [5, 5.41) is 4.05. The van der Waals surface area contributed by atoms with Crippen molar-refractivity contribution in [1.82, 2.24) is 5.43 Å². The van der Waals surface area contributed by atoms with Gasteiger partial charge in [-0.2, -0.15) is 5.10 Å². The van der Waals surface area contributed by atoms with Crippen LogP contribution in [0, 0.1) is 7.14 Å². The van der Waals surface area contributed by atoms with Crippen LogP contribution in [-0.2, 0) is 11.2 Å². The second-order valence-corrected chi connectivity index (χ2v) is 8.12. The molecule has 7 heteroatoms. The molecule has 0 aromatic heterocycles. The van der Waals surface area contributed by atoms with Gasteiger partial charge < -0.3 is 9.47 Å². The molecule has 0 aliphatic carbocycles. The summed E-state index contributed by atoms with van der Waals surface area (Å²) in [4.78, 5) is 12.0. The molecule has 0 atom stereocenters. The number of carbonyl (C=O) groups excluding carboxylic acids is 1. The van der Waals surface area contributed by atoms with E-state index in [0.29, 0.717) is 0 Å². The Kier molecular flexibility index (Phi) is 8.14. The van der Waals surface area contributed by atoms with E-state index in [9.17, 15) is 4.79 Å². The summed E-state index contributed by atoms with van der Waals surface area (Å²) in [6.45, 7) is 4.00. The number of hydrazone groups is 1. The Morgan fingerprint density at radius 2 is 1.81 bits per heavy atom. The zero-order valence-electron chi connectivity index (χ0n) is 14.8. The van der Waals surface area contributed by atoms with Gasteiger partial charge in [0.25, 0.3) is 0 Å². The lowest BCUT2D eigenvalue weighted by atomic mass is 10.1. The van der Waals surface area contributed by atoms with Crippen molar-refractivity contribution in [2.75, 3.05) is 7.11 Å². The van der Waals surface area contributed by atoms with Crippen LogP contribution in [0.15, 0.2) is 41.5 Å². The largest absolute Gasteiger partial charge is 0.497 e. The molecule has 26 heavy (non-hydrogen) atoms. The molecule has 0 fully saturated rings. The van der Waals surface area contributed by atoms with E-state index in [2.05, 4.69) is 55.7 Å². The molecule has 1 amide bonds. The SMILES string of the molecule is COc1ccc(CC(=O)N/N=C\c2cc(I)c(OC(C)C)c(I)c2)cc1. The number of ether oxygens (including phenoxy) is 2. The predicted molar refractivity (Wildman–Crippen MR) is 120 cm³/mol. The van der Waals surface area contributed by atoms with E-state index >= 15 is 0 Å². The van der Waals surface area contributed by atoms with Gasteiger partial charge >= 0.3 is 0 Å². The first-order chi connectivity index (χ1) is 12.4. The van der Waals surface area contributed by atoms with Crippen molar-refractivity contribution >= 4 is 57.3 Å². The monoisotopic (exact) mass is 578 g/mol. The van der Waals surface area contributed by atoms with Crippen LogP contribution in [0.25, 0.3) is 0 Å². The van der Waals surface area contributed by atoms with Gasteiger partial charge in [0.15, 0.2) is 0 Å². The molecule has 2 aromatic rings. The van der Waals surface area contributed by atoms with Gasteiger partial charge in [-0.1, -0.05) is 12.1 Å². The summed E-state index contributed by atoms with van der Waals surface area (Å²) in [5.41, 5.74) is 4.36. The highest BCUT2D eigenvalue weighted by atomic mass is 127. The first kappa shape index (κ1) is 20.9. The maximum absolute atomic E-state index is 12.0. The van der Waals surface area contributed by atoms with Crippen molar-refractivity contribution in [2.24, 2.45) is 5.10 Å². The third-order valence-electron chi connectivity index (χ3n) is 3.30. The van der Waals surface area contributed by atoms with E-state index in [4.69, 9.17) is 9.47 Å². The Bertz CT molecular complexity index is 767. The first-order valence-corrected chi connectivity index (χ1v) is 10.2. The van der Waals surface area contributed by atoms with Crippen LogP contribution >= 0.6 is 45.2 Å². The Morgan fingerprint density at radius 3 is 2.35 bits per heavy atom. The maximum atomic E-state index is 12.0. The molecule has 0 aliphatic heterocycles. The number of benzene rings is 2. The van der Waals surface area contributed by atoms with Crippen LogP contribution in [0.4, 0.5) is 0 Å². The van der Waals surface area contributed by atoms with E-state index in [1.54, 1.807) is 13.3 Å². The van der Waals surface area contributed by atoms with E-state index in [-0.39, 0.29) is 18.4 Å². The highest BCUT2D eigenvalue weighted by Gasteiger charge is 2.10. The zero-order chi connectivity index (χ0) is 19.1. The van der Waals surface area contributed by atoms with Gasteiger partial charge in [0, 0.05) is 0 Å². The normalized spacial score (nSPS) is 11.0. The predicted octanol–water partition coefficient (Wildman–Crippen LogP) is 4.38. The minimum atomic E-state index is -0.171. The van der Waals surface area contributed by atoms with Crippen LogP contribution in [0.3, 0.4) is 0 Å². The summed E-state index contributed by atoms with van der Waals surface area (Å²) in [6.07, 6.45) is 2.02. The number of hydrogen-bond donors (Lipinski definition) is 1. The minimum Gasteiger partial charge on any atom is -0.497 e. The van der Waals surface area contributed by atoms with Crippen molar-refractivity contribution < 1.29 is 14.3 Å². The lowest BCUT2D eigenvalue weighted by molar-refractivity contribution is -0.120. The van der Waals surface area contributed by atoms with Gasteiger partial charge in [0.2, 0.25) is 5.91 Å². The van der Waals surface area contributed by atoms with E-state index in [0.717, 1.165) is 29.8 Å². The van der Waals surface area contributed by atoms with Crippen molar-refractivity contribution in [3.05, 3.63) is 54.7 Å². The molecule has 138 valence electrons. The molecule has 5 nitrogen and oxygen atoms in total. The fourth-order valence-corrected chi connectivity index (χ4v) is 4.22. The number of hydrogen-bond acceptors (Lipinski definition) is 4. The molecule has 2 aromatic carbocycles. The second-order valence-electron chi connectivity index (χ2n) is 5.80. The van der Waals surface area contributed by atoms with Gasteiger partial charge in [0.1, 0.15) is 11.5 Å². The second kappa shape index (κ2) is 10.1. The van der Waals surface area contributed by atoms with Crippen LogP contribution < -0.4 is 14.9 Å². The Hall–Kier alpha value is -1.36. The van der Waals surface area contributed by atoms with Crippen molar-refractivity contribution in [3.8, 4) is 11.5 Å². The third kappa shape index (κ3) is 6.42. The number of nitrogens with zero attached hydrogens (tertiary/aromatic N) is 1. The van der Waals surface area contributed by atoms with E-state index in [1.807, 2.05) is 50.2 Å². The number of amides is 1. The molecule has 0 saturated heterocycles. The lowest BCUT2D eigenvalue weighted by Gasteiger charge is -2.14. The molecule has 0 aliphatic rings. The van der Waals surface area contributed by atoms with Gasteiger partial charge in [-0.15, -0.1) is 0 Å². The van der Waals surface area contributed by atoms with Crippen molar-refractivity contribution in [2.45, 2.75) is 26.4 Å². The first-order valence-electron chi connectivity index (χ1n) is 7.99. The van der Waals surface area contributed by atoms with Gasteiger partial charge in [-0.3, -0.25) is 4.79 Å². The average molecular weight is 578 g/mol. The molecule has 0 saturated carbocycles. The molecule has 0 radical (unpaired) electrons. The highest BCUT2D eigenvalue weighted by Crippen LogP contribution is 2.29. The Morgan fingerprint density at radius 1 is 1.19 bits per heavy atom. The molecule has 0 bridgehead atoms.